The van der Waals surface area contributed by atoms with Crippen LogP contribution in [0.15, 0.2) is 54.9 Å². The van der Waals surface area contributed by atoms with Crippen molar-refractivity contribution in [3.8, 4) is 5.69 Å². The number of carbonyl (C=O) groups is 1. The molecule has 5 heteroatoms. The monoisotopic (exact) mass is 321 g/mol. The minimum atomic E-state index is -0.288. The molecule has 0 unspecified atom stereocenters. The number of aryl methyl sites for hydroxylation is 1. The molecular formula is C19H16FN3O. The lowest BCUT2D eigenvalue weighted by Crippen LogP contribution is -2.23. The van der Waals surface area contributed by atoms with Gasteiger partial charge in [0, 0.05) is 31.0 Å². The van der Waals surface area contributed by atoms with E-state index in [0.29, 0.717) is 24.2 Å². The van der Waals surface area contributed by atoms with Crippen LogP contribution in [0.25, 0.3) is 5.69 Å². The van der Waals surface area contributed by atoms with Crippen molar-refractivity contribution in [1.29, 1.82) is 0 Å². The molecule has 3 aromatic rings. The average molecular weight is 321 g/mol. The zero-order valence-electron chi connectivity index (χ0n) is 13.2. The fourth-order valence-electron chi connectivity index (χ4n) is 3.20. The number of halogens is 1. The third-order valence-electron chi connectivity index (χ3n) is 4.32. The first kappa shape index (κ1) is 14.6. The van der Waals surface area contributed by atoms with Crippen LogP contribution in [0.1, 0.15) is 27.0 Å². The molecule has 0 saturated heterocycles. The van der Waals surface area contributed by atoms with E-state index in [2.05, 4.69) is 5.10 Å². The topological polar surface area (TPSA) is 38.1 Å². The van der Waals surface area contributed by atoms with Gasteiger partial charge in [0.2, 0.25) is 0 Å². The molecule has 4 nitrogen and oxygen atoms in total. The molecule has 0 spiro atoms. The predicted molar refractivity (Wildman–Crippen MR) is 88.3 cm³/mol. The highest BCUT2D eigenvalue weighted by Gasteiger charge is 2.29. The Hall–Kier alpha value is -2.95. The number of rotatable bonds is 3. The summed E-state index contributed by atoms with van der Waals surface area (Å²) in [5.74, 6) is -0.317. The molecule has 0 atom stereocenters. The maximum absolute atomic E-state index is 13.5. The molecular weight excluding hydrogens is 305 g/mol. The minimum Gasteiger partial charge on any atom is -0.330 e. The second kappa shape index (κ2) is 5.60. The van der Waals surface area contributed by atoms with E-state index in [1.165, 1.54) is 12.1 Å². The van der Waals surface area contributed by atoms with Crippen LogP contribution in [-0.2, 0) is 13.1 Å². The van der Waals surface area contributed by atoms with Crippen molar-refractivity contribution in [3.63, 3.8) is 0 Å². The maximum atomic E-state index is 13.5. The van der Waals surface area contributed by atoms with Gasteiger partial charge >= 0.3 is 0 Å². The van der Waals surface area contributed by atoms with Gasteiger partial charge in [-0.15, -0.1) is 0 Å². The Balaban J connectivity index is 1.54. The fraction of sp³-hybridized carbons (Fsp3) is 0.158. The van der Waals surface area contributed by atoms with Crippen LogP contribution < -0.4 is 0 Å². The fourth-order valence-corrected chi connectivity index (χ4v) is 3.20. The molecule has 1 aliphatic heterocycles. The van der Waals surface area contributed by atoms with Crippen molar-refractivity contribution < 1.29 is 9.18 Å². The summed E-state index contributed by atoms with van der Waals surface area (Å²) in [6, 6.07) is 12.7. The van der Waals surface area contributed by atoms with Crippen LogP contribution >= 0.6 is 0 Å². The maximum Gasteiger partial charge on any atom is 0.255 e. The van der Waals surface area contributed by atoms with E-state index >= 15 is 0 Å². The summed E-state index contributed by atoms with van der Waals surface area (Å²) in [6.07, 6.45) is 3.61. The minimum absolute atomic E-state index is 0.0290. The summed E-state index contributed by atoms with van der Waals surface area (Å²) in [5.41, 5.74) is 4.12. The van der Waals surface area contributed by atoms with Gasteiger partial charge in [-0.1, -0.05) is 12.1 Å². The molecule has 120 valence electrons. The number of carbonyl (C=O) groups excluding carboxylic acids is 1. The summed E-state index contributed by atoms with van der Waals surface area (Å²) < 4.78 is 15.3. The van der Waals surface area contributed by atoms with E-state index in [1.807, 2.05) is 36.5 Å². The van der Waals surface area contributed by atoms with Gasteiger partial charge in [-0.3, -0.25) is 4.79 Å². The Kier molecular flexibility index (Phi) is 3.41. The molecule has 0 bridgehead atoms. The molecule has 1 aliphatic rings. The van der Waals surface area contributed by atoms with E-state index < -0.39 is 0 Å². The first-order valence-electron chi connectivity index (χ1n) is 7.79. The lowest BCUT2D eigenvalue weighted by molar-refractivity contribution is 0.0766. The molecule has 0 aliphatic carbocycles. The van der Waals surface area contributed by atoms with Crippen molar-refractivity contribution >= 4 is 5.91 Å². The van der Waals surface area contributed by atoms with E-state index in [-0.39, 0.29) is 11.7 Å². The summed E-state index contributed by atoms with van der Waals surface area (Å²) in [5, 5.41) is 4.19. The number of hydrogen-bond acceptors (Lipinski definition) is 2. The first-order chi connectivity index (χ1) is 11.6. The van der Waals surface area contributed by atoms with Gasteiger partial charge in [-0.25, -0.2) is 9.07 Å². The average Bonchev–Trinajstić information content (AvgIpc) is 3.17. The second-order valence-electron chi connectivity index (χ2n) is 6.04. The number of fused-ring (bicyclic) bond motifs is 1. The highest BCUT2D eigenvalue weighted by Crippen LogP contribution is 2.28. The van der Waals surface area contributed by atoms with E-state index in [4.69, 9.17) is 0 Å². The lowest BCUT2D eigenvalue weighted by Gasteiger charge is -2.16. The smallest absolute Gasteiger partial charge is 0.255 e. The Bertz CT molecular complexity index is 901. The zero-order chi connectivity index (χ0) is 16.7. The van der Waals surface area contributed by atoms with Crippen LogP contribution in [0, 0.1) is 12.7 Å². The number of amides is 1. The number of aromatic nitrogens is 2. The highest BCUT2D eigenvalue weighted by molar-refractivity contribution is 5.99. The molecule has 4 rings (SSSR count). The molecule has 0 radical (unpaired) electrons. The number of hydrogen-bond donors (Lipinski definition) is 0. The Morgan fingerprint density at radius 2 is 2.00 bits per heavy atom. The predicted octanol–water partition coefficient (Wildman–Crippen LogP) is 3.48. The van der Waals surface area contributed by atoms with Crippen LogP contribution in [0.5, 0.6) is 0 Å². The molecule has 0 saturated carbocycles. The normalized spacial score (nSPS) is 13.4. The van der Waals surface area contributed by atoms with Gasteiger partial charge in [0.1, 0.15) is 5.82 Å². The third-order valence-corrected chi connectivity index (χ3v) is 4.32. The van der Waals surface area contributed by atoms with Crippen molar-refractivity contribution in [2.45, 2.75) is 20.0 Å². The molecule has 0 fully saturated rings. The van der Waals surface area contributed by atoms with Crippen molar-refractivity contribution in [3.05, 3.63) is 82.9 Å². The van der Waals surface area contributed by atoms with Crippen molar-refractivity contribution in [1.82, 2.24) is 14.7 Å². The van der Waals surface area contributed by atoms with Crippen LogP contribution in [-0.4, -0.2) is 20.6 Å². The summed E-state index contributed by atoms with van der Waals surface area (Å²) in [7, 11) is 0. The van der Waals surface area contributed by atoms with Gasteiger partial charge in [0.15, 0.2) is 0 Å². The van der Waals surface area contributed by atoms with Gasteiger partial charge in [0.25, 0.3) is 5.91 Å². The Morgan fingerprint density at radius 1 is 1.21 bits per heavy atom. The molecule has 24 heavy (non-hydrogen) atoms. The van der Waals surface area contributed by atoms with Crippen LogP contribution in [0.4, 0.5) is 4.39 Å². The van der Waals surface area contributed by atoms with Gasteiger partial charge < -0.3 is 4.90 Å². The molecule has 1 amide bonds. The molecule has 2 aromatic carbocycles. The number of benzene rings is 2. The van der Waals surface area contributed by atoms with Crippen molar-refractivity contribution in [2.24, 2.45) is 0 Å². The Labute approximate surface area is 139 Å². The Morgan fingerprint density at radius 3 is 2.71 bits per heavy atom. The SMILES string of the molecule is Cc1cc(F)cc2c1C(=O)N(Cc1ccc(-n3cccn3)cc1)C2. The third kappa shape index (κ3) is 2.48. The van der Waals surface area contributed by atoms with Crippen LogP contribution in [0.3, 0.4) is 0 Å². The van der Waals surface area contributed by atoms with E-state index in [0.717, 1.165) is 16.8 Å². The molecule has 2 heterocycles. The lowest BCUT2D eigenvalue weighted by atomic mass is 10.0. The van der Waals surface area contributed by atoms with E-state index in [9.17, 15) is 9.18 Å². The summed E-state index contributed by atoms with van der Waals surface area (Å²) >= 11 is 0. The largest absolute Gasteiger partial charge is 0.330 e. The summed E-state index contributed by atoms with van der Waals surface area (Å²) in [4.78, 5) is 14.3. The molecule has 0 N–H and O–H groups in total. The first-order valence-corrected chi connectivity index (χ1v) is 7.79. The quantitative estimate of drug-likeness (QED) is 0.741. The standard InChI is InChI=1S/C19H16FN3O/c1-13-9-16(20)10-15-12-22(19(24)18(13)15)11-14-3-5-17(6-4-14)23-8-2-7-21-23/h2-10H,11-12H2,1H3. The second-order valence-corrected chi connectivity index (χ2v) is 6.04. The van der Waals surface area contributed by atoms with Crippen molar-refractivity contribution in [2.75, 3.05) is 0 Å². The van der Waals surface area contributed by atoms with Gasteiger partial charge in [0.05, 0.1) is 5.69 Å². The van der Waals surface area contributed by atoms with Gasteiger partial charge in [-0.05, 0) is 53.9 Å². The number of nitrogens with zero attached hydrogens (tertiary/aromatic N) is 3. The zero-order valence-corrected chi connectivity index (χ0v) is 13.2. The van der Waals surface area contributed by atoms with Crippen LogP contribution in [0.2, 0.25) is 0 Å². The summed E-state index contributed by atoms with van der Waals surface area (Å²) in [6.45, 7) is 2.74. The highest BCUT2D eigenvalue weighted by atomic mass is 19.1. The van der Waals surface area contributed by atoms with E-state index in [1.54, 1.807) is 22.7 Å². The molecule has 1 aromatic heterocycles. The van der Waals surface area contributed by atoms with Gasteiger partial charge in [-0.2, -0.15) is 5.10 Å².